The number of hydrogen-bond donors (Lipinski definition) is 0. The molecule has 3 heteroatoms. The Morgan fingerprint density at radius 3 is 2.46 bits per heavy atom. The highest BCUT2D eigenvalue weighted by Gasteiger charge is 2.16. The Morgan fingerprint density at radius 2 is 1.51 bits per heavy atom. The molecule has 0 bridgehead atoms. The van der Waals surface area contributed by atoms with Crippen LogP contribution in [0.3, 0.4) is 0 Å². The van der Waals surface area contributed by atoms with Crippen LogP contribution in [0.5, 0.6) is 0 Å². The third-order valence-corrected chi connectivity index (χ3v) is 8.15. The third kappa shape index (κ3) is 3.16. The lowest BCUT2D eigenvalue weighted by atomic mass is 9.96. The average molecular weight is 467 g/mol. The van der Waals surface area contributed by atoms with Gasteiger partial charge in [-0.3, -0.25) is 0 Å². The van der Waals surface area contributed by atoms with Crippen molar-refractivity contribution in [3.05, 3.63) is 108 Å². The van der Waals surface area contributed by atoms with Crippen LogP contribution in [0.2, 0.25) is 0 Å². The molecule has 0 N–H and O–H groups in total. The van der Waals surface area contributed by atoms with E-state index in [4.69, 9.17) is 4.98 Å². The van der Waals surface area contributed by atoms with Crippen LogP contribution in [0.4, 0.5) is 0 Å². The van der Waals surface area contributed by atoms with E-state index in [2.05, 4.69) is 110 Å². The zero-order valence-electron chi connectivity index (χ0n) is 19.5. The Balaban J connectivity index is 1.48. The predicted octanol–water partition coefficient (Wildman–Crippen LogP) is 9.10. The van der Waals surface area contributed by atoms with Crippen molar-refractivity contribution in [3.63, 3.8) is 0 Å². The molecule has 2 nitrogen and oxygen atoms in total. The van der Waals surface area contributed by atoms with Gasteiger partial charge in [0.2, 0.25) is 0 Å². The maximum Gasteiger partial charge on any atom is 0.116 e. The molecule has 0 unspecified atom stereocenters. The molecular formula is C32H22N2S. The Morgan fingerprint density at radius 1 is 0.657 bits per heavy atom. The summed E-state index contributed by atoms with van der Waals surface area (Å²) >= 11 is 1.86. The average Bonchev–Trinajstić information content (AvgIpc) is 3.27. The molecule has 0 atom stereocenters. The maximum absolute atomic E-state index is 4.81. The Hall–Kier alpha value is -4.08. The third-order valence-electron chi connectivity index (χ3n) is 6.94. The number of aromatic nitrogens is 2. The van der Waals surface area contributed by atoms with Gasteiger partial charge in [-0.05, 0) is 77.2 Å². The summed E-state index contributed by atoms with van der Waals surface area (Å²) in [5.41, 5.74) is 8.11. The maximum atomic E-state index is 4.81. The molecule has 0 aliphatic carbocycles. The molecule has 0 saturated carbocycles. The molecule has 166 valence electrons. The molecule has 5 aromatic carbocycles. The molecule has 0 fully saturated rings. The molecule has 0 radical (unpaired) electrons. The van der Waals surface area contributed by atoms with E-state index in [1.54, 1.807) is 6.33 Å². The van der Waals surface area contributed by atoms with Gasteiger partial charge in [0.25, 0.3) is 0 Å². The molecule has 0 amide bonds. The van der Waals surface area contributed by atoms with Gasteiger partial charge < -0.3 is 0 Å². The fraction of sp³-hybridized carbons (Fsp3) is 0.0625. The smallest absolute Gasteiger partial charge is 0.116 e. The van der Waals surface area contributed by atoms with Crippen molar-refractivity contribution < 1.29 is 0 Å². The van der Waals surface area contributed by atoms with Crippen molar-refractivity contribution in [1.82, 2.24) is 9.97 Å². The largest absolute Gasteiger partial charge is 0.236 e. The number of rotatable bonds is 2. The first kappa shape index (κ1) is 20.3. The van der Waals surface area contributed by atoms with E-state index in [1.807, 2.05) is 11.3 Å². The normalized spacial score (nSPS) is 11.7. The quantitative estimate of drug-likeness (QED) is 0.254. The summed E-state index contributed by atoms with van der Waals surface area (Å²) in [5.74, 6) is 0. The van der Waals surface area contributed by atoms with Gasteiger partial charge in [-0.2, -0.15) is 0 Å². The summed E-state index contributed by atoms with van der Waals surface area (Å²) in [5, 5.41) is 6.25. The van der Waals surface area contributed by atoms with E-state index in [0.717, 1.165) is 16.6 Å². The van der Waals surface area contributed by atoms with Crippen LogP contribution in [0.1, 0.15) is 11.1 Å². The highest BCUT2D eigenvalue weighted by Crippen LogP contribution is 2.43. The van der Waals surface area contributed by atoms with E-state index >= 15 is 0 Å². The van der Waals surface area contributed by atoms with Crippen molar-refractivity contribution >= 4 is 53.2 Å². The second kappa shape index (κ2) is 7.72. The number of nitrogens with zero attached hydrogens (tertiary/aromatic N) is 2. The Kier molecular flexibility index (Phi) is 4.48. The van der Waals surface area contributed by atoms with Crippen LogP contribution in [0.15, 0.2) is 97.3 Å². The summed E-state index contributed by atoms with van der Waals surface area (Å²) in [6, 6.07) is 32.8. The lowest BCUT2D eigenvalue weighted by Crippen LogP contribution is -1.91. The number of thiophene rings is 1. The first-order valence-corrected chi connectivity index (χ1v) is 12.6. The molecule has 0 aliphatic heterocycles. The van der Waals surface area contributed by atoms with Gasteiger partial charge in [0.15, 0.2) is 0 Å². The second-order valence-corrected chi connectivity index (χ2v) is 10.3. The predicted molar refractivity (Wildman–Crippen MR) is 150 cm³/mol. The molecule has 0 aliphatic rings. The summed E-state index contributed by atoms with van der Waals surface area (Å²) in [7, 11) is 0. The highest BCUT2D eigenvalue weighted by atomic mass is 32.1. The van der Waals surface area contributed by atoms with Crippen molar-refractivity contribution in [3.8, 4) is 22.4 Å². The minimum Gasteiger partial charge on any atom is -0.236 e. The first-order chi connectivity index (χ1) is 17.2. The second-order valence-electron chi connectivity index (χ2n) is 9.22. The minimum atomic E-state index is 0.965. The zero-order valence-corrected chi connectivity index (χ0v) is 20.4. The van der Waals surface area contributed by atoms with E-state index in [0.29, 0.717) is 0 Å². The standard InChI is InChI=1S/C32H22N2S/c1-19-15-26-30-20(2)7-5-12-29(30)35-32(26)27(16-19)31-25-14-13-22(17-28(25)33-18-34-31)24-11-6-9-21-8-3-4-10-23(21)24/h3-18H,1-2H3. The summed E-state index contributed by atoms with van der Waals surface area (Å²) in [4.78, 5) is 9.49. The number of fused-ring (bicyclic) bond motifs is 5. The summed E-state index contributed by atoms with van der Waals surface area (Å²) < 4.78 is 2.61. The lowest BCUT2D eigenvalue weighted by Gasteiger charge is -2.11. The van der Waals surface area contributed by atoms with Crippen molar-refractivity contribution in [2.24, 2.45) is 0 Å². The SMILES string of the molecule is Cc1cc(-c2ncnc3cc(-c4cccc5ccccc45)ccc23)c2sc3cccc(C)c3c2c1. The molecule has 7 aromatic rings. The molecule has 2 aromatic heterocycles. The topological polar surface area (TPSA) is 25.8 Å². The van der Waals surface area contributed by atoms with Crippen molar-refractivity contribution in [2.45, 2.75) is 13.8 Å². The Labute approximate surface area is 207 Å². The van der Waals surface area contributed by atoms with Crippen LogP contribution >= 0.6 is 11.3 Å². The van der Waals surface area contributed by atoms with E-state index < -0.39 is 0 Å². The highest BCUT2D eigenvalue weighted by molar-refractivity contribution is 7.26. The van der Waals surface area contributed by atoms with Gasteiger partial charge in [0, 0.05) is 31.1 Å². The van der Waals surface area contributed by atoms with Gasteiger partial charge in [-0.25, -0.2) is 9.97 Å². The Bertz CT molecular complexity index is 1930. The fourth-order valence-electron chi connectivity index (χ4n) is 5.34. The van der Waals surface area contributed by atoms with Crippen LogP contribution < -0.4 is 0 Å². The summed E-state index contributed by atoms with van der Waals surface area (Å²) in [6.45, 7) is 4.37. The van der Waals surface area contributed by atoms with Crippen LogP contribution in [0, 0.1) is 13.8 Å². The fourth-order valence-corrected chi connectivity index (χ4v) is 6.62. The molecule has 2 heterocycles. The van der Waals surface area contributed by atoms with E-state index in [1.165, 1.54) is 58.8 Å². The van der Waals surface area contributed by atoms with Gasteiger partial charge in [0.05, 0.1) is 11.2 Å². The van der Waals surface area contributed by atoms with Gasteiger partial charge in [-0.1, -0.05) is 60.7 Å². The van der Waals surface area contributed by atoms with Gasteiger partial charge in [0.1, 0.15) is 6.33 Å². The van der Waals surface area contributed by atoms with Gasteiger partial charge >= 0.3 is 0 Å². The van der Waals surface area contributed by atoms with Crippen LogP contribution in [-0.4, -0.2) is 9.97 Å². The van der Waals surface area contributed by atoms with Gasteiger partial charge in [-0.15, -0.1) is 11.3 Å². The number of benzene rings is 5. The molecular weight excluding hydrogens is 444 g/mol. The zero-order chi connectivity index (χ0) is 23.5. The molecule has 7 rings (SSSR count). The van der Waals surface area contributed by atoms with E-state index in [9.17, 15) is 0 Å². The lowest BCUT2D eigenvalue weighted by molar-refractivity contribution is 1.23. The molecule has 0 spiro atoms. The van der Waals surface area contributed by atoms with Crippen LogP contribution in [0.25, 0.3) is 64.2 Å². The molecule has 0 saturated heterocycles. The number of aryl methyl sites for hydroxylation is 2. The summed E-state index contributed by atoms with van der Waals surface area (Å²) in [6.07, 6.45) is 1.71. The first-order valence-electron chi connectivity index (χ1n) is 11.8. The van der Waals surface area contributed by atoms with Crippen LogP contribution in [-0.2, 0) is 0 Å². The molecule has 35 heavy (non-hydrogen) atoms. The van der Waals surface area contributed by atoms with Crippen molar-refractivity contribution in [1.29, 1.82) is 0 Å². The number of hydrogen-bond acceptors (Lipinski definition) is 3. The van der Waals surface area contributed by atoms with E-state index in [-0.39, 0.29) is 0 Å². The minimum absolute atomic E-state index is 0.965. The van der Waals surface area contributed by atoms with Crippen molar-refractivity contribution in [2.75, 3.05) is 0 Å². The monoisotopic (exact) mass is 466 g/mol.